The Balaban J connectivity index is 1.53. The van der Waals surface area contributed by atoms with E-state index in [2.05, 4.69) is 27.7 Å². The Morgan fingerprint density at radius 2 is 2.16 bits per heavy atom. The zero-order chi connectivity index (χ0) is 17.6. The van der Waals surface area contributed by atoms with Gasteiger partial charge in [0.1, 0.15) is 5.75 Å². The Morgan fingerprint density at radius 3 is 2.84 bits per heavy atom. The molecule has 6 heteroatoms. The van der Waals surface area contributed by atoms with Crippen LogP contribution in [-0.2, 0) is 4.79 Å². The Kier molecular flexibility index (Phi) is 6.34. The topological polar surface area (TPSA) is 41.6 Å². The first-order valence-electron chi connectivity index (χ1n) is 8.56. The van der Waals surface area contributed by atoms with Crippen LogP contribution in [0.1, 0.15) is 29.3 Å². The number of aryl methyl sites for hydroxylation is 1. The number of benzene rings is 1. The predicted octanol–water partition coefficient (Wildman–Crippen LogP) is 4.04. The summed E-state index contributed by atoms with van der Waals surface area (Å²) in [6.45, 7) is 4.74. The number of nitrogens with zero attached hydrogens (tertiary/aromatic N) is 1. The summed E-state index contributed by atoms with van der Waals surface area (Å²) in [6.07, 6.45) is 2.46. The van der Waals surface area contributed by atoms with Crippen molar-refractivity contribution in [3.8, 4) is 5.75 Å². The van der Waals surface area contributed by atoms with Gasteiger partial charge < -0.3 is 10.1 Å². The second-order valence-electron chi connectivity index (χ2n) is 6.28. The zero-order valence-corrected chi connectivity index (χ0v) is 15.9. The first-order chi connectivity index (χ1) is 12.1. The summed E-state index contributed by atoms with van der Waals surface area (Å²) in [5.74, 6) is 0.587. The maximum Gasteiger partial charge on any atom is 0.258 e. The first kappa shape index (κ1) is 18.2. The number of nitrogens with one attached hydrogen (secondary N) is 1. The molecule has 1 aliphatic rings. The maximum atomic E-state index is 12.2. The van der Waals surface area contributed by atoms with Crippen molar-refractivity contribution in [1.29, 1.82) is 0 Å². The molecule has 1 amide bonds. The monoisotopic (exact) mass is 378 g/mol. The fourth-order valence-corrected chi connectivity index (χ4v) is 4.21. The molecule has 134 valence electrons. The first-order valence-corrected chi connectivity index (χ1v) is 9.82. The van der Waals surface area contributed by atoms with E-state index in [1.54, 1.807) is 23.5 Å². The fraction of sp³-hybridized carbons (Fsp3) is 0.421. The third kappa shape index (κ3) is 4.97. The highest BCUT2D eigenvalue weighted by Crippen LogP contribution is 2.28. The van der Waals surface area contributed by atoms with Crippen LogP contribution in [-0.4, -0.2) is 37.0 Å². The number of carbonyl (C=O) groups excluding carboxylic acids is 1. The van der Waals surface area contributed by atoms with Gasteiger partial charge in [-0.05, 0) is 68.1 Å². The molecule has 0 bridgehead atoms. The predicted molar refractivity (Wildman–Crippen MR) is 103 cm³/mol. The lowest BCUT2D eigenvalue weighted by atomic mass is 10.2. The molecule has 2 aromatic rings. The van der Waals surface area contributed by atoms with Crippen LogP contribution in [0.5, 0.6) is 5.75 Å². The van der Waals surface area contributed by atoms with E-state index in [-0.39, 0.29) is 18.6 Å². The van der Waals surface area contributed by atoms with Gasteiger partial charge in [-0.2, -0.15) is 0 Å². The number of rotatable bonds is 7. The molecule has 3 rings (SSSR count). The summed E-state index contributed by atoms with van der Waals surface area (Å²) in [4.78, 5) is 16.0. The van der Waals surface area contributed by atoms with Gasteiger partial charge in [-0.15, -0.1) is 11.3 Å². The molecule has 1 aromatic carbocycles. The quantitative estimate of drug-likeness (QED) is 0.790. The van der Waals surface area contributed by atoms with Crippen LogP contribution >= 0.6 is 22.9 Å². The molecule has 1 atom stereocenters. The Labute approximate surface area is 157 Å². The van der Waals surface area contributed by atoms with Gasteiger partial charge >= 0.3 is 0 Å². The Bertz CT molecular complexity index is 699. The summed E-state index contributed by atoms with van der Waals surface area (Å²) in [5.41, 5.74) is 0.925. The van der Waals surface area contributed by atoms with Crippen LogP contribution in [0.15, 0.2) is 35.7 Å². The molecule has 0 aliphatic carbocycles. The number of thiophene rings is 1. The lowest BCUT2D eigenvalue weighted by molar-refractivity contribution is -0.123. The number of amides is 1. The van der Waals surface area contributed by atoms with E-state index in [0.717, 1.165) is 18.7 Å². The maximum absolute atomic E-state index is 12.2. The third-order valence-electron chi connectivity index (χ3n) is 4.44. The Morgan fingerprint density at radius 1 is 1.36 bits per heavy atom. The number of carbonyl (C=O) groups is 1. The second kappa shape index (κ2) is 8.70. The molecule has 25 heavy (non-hydrogen) atoms. The highest BCUT2D eigenvalue weighted by atomic mass is 35.5. The summed E-state index contributed by atoms with van der Waals surface area (Å²) in [7, 11) is 0. The second-order valence-corrected chi connectivity index (χ2v) is 7.69. The van der Waals surface area contributed by atoms with Gasteiger partial charge in [0.15, 0.2) is 6.61 Å². The highest BCUT2D eigenvalue weighted by Gasteiger charge is 2.24. The number of hydrogen-bond donors (Lipinski definition) is 1. The minimum Gasteiger partial charge on any atom is -0.484 e. The minimum absolute atomic E-state index is 0.0135. The van der Waals surface area contributed by atoms with Crippen LogP contribution in [0.2, 0.25) is 5.02 Å². The molecule has 1 N–H and O–H groups in total. The van der Waals surface area contributed by atoms with Crippen molar-refractivity contribution < 1.29 is 9.53 Å². The van der Waals surface area contributed by atoms with Crippen LogP contribution in [0.25, 0.3) is 0 Å². The van der Waals surface area contributed by atoms with E-state index in [1.165, 1.54) is 17.7 Å². The van der Waals surface area contributed by atoms with Crippen molar-refractivity contribution in [3.63, 3.8) is 0 Å². The lowest BCUT2D eigenvalue weighted by Gasteiger charge is -2.26. The molecule has 1 aliphatic heterocycles. The van der Waals surface area contributed by atoms with E-state index >= 15 is 0 Å². The Hall–Kier alpha value is -1.56. The van der Waals surface area contributed by atoms with Crippen LogP contribution < -0.4 is 10.1 Å². The molecule has 0 saturated carbocycles. The number of hydrogen-bond acceptors (Lipinski definition) is 4. The van der Waals surface area contributed by atoms with Gasteiger partial charge in [0.25, 0.3) is 5.91 Å². The molecule has 0 radical (unpaired) electrons. The van der Waals surface area contributed by atoms with Gasteiger partial charge in [-0.1, -0.05) is 17.7 Å². The van der Waals surface area contributed by atoms with Gasteiger partial charge in [0.05, 0.1) is 6.04 Å². The van der Waals surface area contributed by atoms with Gasteiger partial charge in [0, 0.05) is 16.4 Å². The lowest BCUT2D eigenvalue weighted by Crippen LogP contribution is -2.38. The van der Waals surface area contributed by atoms with Crippen molar-refractivity contribution in [3.05, 3.63) is 51.2 Å². The van der Waals surface area contributed by atoms with Gasteiger partial charge in [-0.25, -0.2) is 0 Å². The largest absolute Gasteiger partial charge is 0.484 e. The molecule has 1 fully saturated rings. The summed E-state index contributed by atoms with van der Waals surface area (Å²) >= 11 is 7.68. The third-order valence-corrected chi connectivity index (χ3v) is 5.65. The van der Waals surface area contributed by atoms with E-state index in [4.69, 9.17) is 16.3 Å². The van der Waals surface area contributed by atoms with Gasteiger partial charge in [-0.3, -0.25) is 9.69 Å². The SMILES string of the molecule is Cc1cc(Cl)ccc1OCC(=O)NC[C@H](c1cccs1)N1CCCC1. The van der Waals surface area contributed by atoms with E-state index in [0.29, 0.717) is 17.3 Å². The van der Waals surface area contributed by atoms with Crippen molar-refractivity contribution in [1.82, 2.24) is 10.2 Å². The molecular weight excluding hydrogens is 356 g/mol. The normalized spacial score (nSPS) is 15.9. The van der Waals surface area contributed by atoms with Crippen molar-refractivity contribution >= 4 is 28.8 Å². The number of ether oxygens (including phenoxy) is 1. The van der Waals surface area contributed by atoms with Crippen molar-refractivity contribution in [2.45, 2.75) is 25.8 Å². The fourth-order valence-electron chi connectivity index (χ4n) is 3.12. The highest BCUT2D eigenvalue weighted by molar-refractivity contribution is 7.10. The zero-order valence-electron chi connectivity index (χ0n) is 14.3. The molecule has 1 saturated heterocycles. The summed E-state index contributed by atoms with van der Waals surface area (Å²) in [6, 6.07) is 9.86. The molecule has 0 unspecified atom stereocenters. The van der Waals surface area contributed by atoms with Crippen LogP contribution in [0.4, 0.5) is 0 Å². The summed E-state index contributed by atoms with van der Waals surface area (Å²) < 4.78 is 5.62. The molecule has 4 nitrogen and oxygen atoms in total. The minimum atomic E-state index is -0.102. The van der Waals surface area contributed by atoms with Crippen LogP contribution in [0, 0.1) is 6.92 Å². The van der Waals surface area contributed by atoms with E-state index in [9.17, 15) is 4.79 Å². The molecule has 2 heterocycles. The molecular formula is C19H23ClN2O2S. The number of halogens is 1. The van der Waals surface area contributed by atoms with Crippen molar-refractivity contribution in [2.24, 2.45) is 0 Å². The number of likely N-dealkylation sites (tertiary alicyclic amines) is 1. The van der Waals surface area contributed by atoms with Gasteiger partial charge in [0.2, 0.25) is 0 Å². The summed E-state index contributed by atoms with van der Waals surface area (Å²) in [5, 5.41) is 5.78. The average Bonchev–Trinajstić information content (AvgIpc) is 3.28. The van der Waals surface area contributed by atoms with Crippen LogP contribution in [0.3, 0.4) is 0 Å². The standard InChI is InChI=1S/C19H23ClN2O2S/c1-14-11-15(20)6-7-17(14)24-13-19(23)21-12-16(18-5-4-10-25-18)22-8-2-3-9-22/h4-7,10-11,16H,2-3,8-9,12-13H2,1H3,(H,21,23)/t16-/m1/s1. The molecule has 1 aromatic heterocycles. The smallest absolute Gasteiger partial charge is 0.258 e. The van der Waals surface area contributed by atoms with E-state index < -0.39 is 0 Å². The van der Waals surface area contributed by atoms with E-state index in [1.807, 2.05) is 13.0 Å². The average molecular weight is 379 g/mol. The molecule has 0 spiro atoms. The van der Waals surface area contributed by atoms with Crippen molar-refractivity contribution in [2.75, 3.05) is 26.2 Å².